The van der Waals surface area contributed by atoms with E-state index in [4.69, 9.17) is 17.3 Å². The smallest absolute Gasteiger partial charge is 0.245 e. The van der Waals surface area contributed by atoms with Gasteiger partial charge in [0.2, 0.25) is 11.9 Å². The lowest BCUT2D eigenvalue weighted by atomic mass is 9.94. The molecule has 0 aliphatic heterocycles. The van der Waals surface area contributed by atoms with Gasteiger partial charge in [0, 0.05) is 29.4 Å². The number of aromatic nitrogens is 4. The topological polar surface area (TPSA) is 122 Å². The Morgan fingerprint density at radius 3 is 2.77 bits per heavy atom. The zero-order valence-corrected chi connectivity index (χ0v) is 17.9. The highest BCUT2D eigenvalue weighted by Crippen LogP contribution is 2.32. The number of fused-ring (bicyclic) bond motifs is 1. The number of hydrogen-bond acceptors (Lipinski definition) is 6. The van der Waals surface area contributed by atoms with Crippen molar-refractivity contribution in [1.29, 1.82) is 0 Å². The van der Waals surface area contributed by atoms with E-state index in [1.54, 1.807) is 12.4 Å². The molecule has 0 aromatic carbocycles. The van der Waals surface area contributed by atoms with Crippen molar-refractivity contribution in [3.63, 3.8) is 0 Å². The van der Waals surface area contributed by atoms with Gasteiger partial charge in [-0.15, -0.1) is 0 Å². The van der Waals surface area contributed by atoms with Crippen molar-refractivity contribution < 1.29 is 4.79 Å². The first-order valence-corrected chi connectivity index (χ1v) is 10.6. The van der Waals surface area contributed by atoms with Crippen LogP contribution in [0.15, 0.2) is 24.7 Å². The van der Waals surface area contributed by atoms with E-state index in [1.807, 2.05) is 19.9 Å². The van der Waals surface area contributed by atoms with Crippen molar-refractivity contribution in [1.82, 2.24) is 25.3 Å². The van der Waals surface area contributed by atoms with E-state index in [-0.39, 0.29) is 11.9 Å². The Labute approximate surface area is 180 Å². The van der Waals surface area contributed by atoms with Gasteiger partial charge in [-0.3, -0.25) is 4.79 Å². The standard InChI is InChI=1S/C21H26ClN7O/c1-21(2,19(30)27-13-6-4-3-5-7-13)29-20-26-11-16(23)17(28-20)15-10-25-18-14(15)8-12(22)9-24-18/h8-11,13H,3-7,23H2,1-2H3,(H,24,25)(H,27,30)(H,26,28,29). The van der Waals surface area contributed by atoms with Crippen LogP contribution < -0.4 is 16.4 Å². The largest absolute Gasteiger partial charge is 0.396 e. The lowest BCUT2D eigenvalue weighted by Gasteiger charge is -2.30. The molecule has 0 atom stereocenters. The van der Waals surface area contributed by atoms with E-state index < -0.39 is 5.54 Å². The molecule has 3 heterocycles. The second-order valence-corrected chi connectivity index (χ2v) is 8.74. The van der Waals surface area contributed by atoms with Crippen LogP contribution in [-0.4, -0.2) is 37.4 Å². The van der Waals surface area contributed by atoms with E-state index in [9.17, 15) is 4.79 Å². The molecule has 9 heteroatoms. The number of pyridine rings is 1. The van der Waals surface area contributed by atoms with Gasteiger partial charge in [0.15, 0.2) is 0 Å². The van der Waals surface area contributed by atoms with Crippen LogP contribution in [0.25, 0.3) is 22.3 Å². The molecule has 5 N–H and O–H groups in total. The number of rotatable bonds is 5. The summed E-state index contributed by atoms with van der Waals surface area (Å²) in [6.45, 7) is 3.64. The molecular weight excluding hydrogens is 402 g/mol. The van der Waals surface area contributed by atoms with Crippen LogP contribution in [0.2, 0.25) is 5.02 Å². The van der Waals surface area contributed by atoms with Crippen LogP contribution >= 0.6 is 11.6 Å². The summed E-state index contributed by atoms with van der Waals surface area (Å²) < 4.78 is 0. The normalized spacial score (nSPS) is 15.3. The molecule has 1 aliphatic rings. The number of amides is 1. The van der Waals surface area contributed by atoms with Gasteiger partial charge in [0.1, 0.15) is 16.9 Å². The van der Waals surface area contributed by atoms with Gasteiger partial charge in [0.05, 0.1) is 16.9 Å². The molecule has 30 heavy (non-hydrogen) atoms. The highest BCUT2D eigenvalue weighted by Gasteiger charge is 2.30. The predicted molar refractivity (Wildman–Crippen MR) is 119 cm³/mol. The lowest BCUT2D eigenvalue weighted by molar-refractivity contribution is -0.125. The van der Waals surface area contributed by atoms with Gasteiger partial charge in [0.25, 0.3) is 0 Å². The minimum Gasteiger partial charge on any atom is -0.396 e. The Bertz CT molecular complexity index is 1070. The van der Waals surface area contributed by atoms with Gasteiger partial charge in [-0.25, -0.2) is 15.0 Å². The molecule has 1 aliphatic carbocycles. The summed E-state index contributed by atoms with van der Waals surface area (Å²) in [6.07, 6.45) is 10.5. The van der Waals surface area contributed by atoms with Crippen molar-refractivity contribution >= 4 is 40.2 Å². The zero-order valence-electron chi connectivity index (χ0n) is 17.1. The fraction of sp³-hybridized carbons (Fsp3) is 0.429. The summed E-state index contributed by atoms with van der Waals surface area (Å²) in [5.74, 6) is 0.256. The number of aromatic amines is 1. The molecule has 1 fully saturated rings. The molecule has 3 aromatic rings. The van der Waals surface area contributed by atoms with Crippen molar-refractivity contribution in [2.24, 2.45) is 0 Å². The molecule has 1 saturated carbocycles. The number of nitrogens with two attached hydrogens (primary N) is 1. The SMILES string of the molecule is CC(C)(Nc1ncc(N)c(-c2c[nH]c3ncc(Cl)cc23)n1)C(=O)NC1CCCCC1. The molecule has 0 unspecified atom stereocenters. The first-order chi connectivity index (χ1) is 14.3. The van der Waals surface area contributed by atoms with Crippen LogP contribution in [0.5, 0.6) is 0 Å². The maximum atomic E-state index is 12.8. The molecule has 158 valence electrons. The Morgan fingerprint density at radius 1 is 1.23 bits per heavy atom. The van der Waals surface area contributed by atoms with E-state index >= 15 is 0 Å². The van der Waals surface area contributed by atoms with Crippen LogP contribution in [0.3, 0.4) is 0 Å². The maximum Gasteiger partial charge on any atom is 0.245 e. The van der Waals surface area contributed by atoms with Crippen molar-refractivity contribution in [2.75, 3.05) is 11.1 Å². The molecule has 1 amide bonds. The highest BCUT2D eigenvalue weighted by atomic mass is 35.5. The number of H-pyrrole nitrogens is 1. The number of nitrogens with one attached hydrogen (secondary N) is 3. The number of halogens is 1. The third-order valence-electron chi connectivity index (χ3n) is 5.50. The second-order valence-electron chi connectivity index (χ2n) is 8.31. The second kappa shape index (κ2) is 8.10. The Balaban J connectivity index is 1.58. The Morgan fingerprint density at radius 2 is 2.00 bits per heavy atom. The van der Waals surface area contributed by atoms with E-state index in [1.165, 1.54) is 12.6 Å². The number of nitrogen functional groups attached to an aromatic ring is 1. The molecule has 0 spiro atoms. The number of hydrogen-bond donors (Lipinski definition) is 4. The van der Waals surface area contributed by atoms with E-state index in [0.29, 0.717) is 28.0 Å². The average molecular weight is 428 g/mol. The fourth-order valence-electron chi connectivity index (χ4n) is 3.79. The highest BCUT2D eigenvalue weighted by molar-refractivity contribution is 6.31. The van der Waals surface area contributed by atoms with Gasteiger partial charge < -0.3 is 21.4 Å². The third-order valence-corrected chi connectivity index (χ3v) is 5.71. The summed E-state index contributed by atoms with van der Waals surface area (Å²) >= 11 is 6.11. The van der Waals surface area contributed by atoms with Crippen molar-refractivity contribution in [3.05, 3.63) is 29.7 Å². The first-order valence-electron chi connectivity index (χ1n) is 10.2. The quantitative estimate of drug-likeness (QED) is 0.490. The van der Waals surface area contributed by atoms with Crippen LogP contribution in [0, 0.1) is 0 Å². The summed E-state index contributed by atoms with van der Waals surface area (Å²) in [4.78, 5) is 29.1. The fourth-order valence-corrected chi connectivity index (χ4v) is 3.95. The molecule has 3 aromatic heterocycles. The Hall–Kier alpha value is -2.87. The molecule has 0 radical (unpaired) electrons. The maximum absolute atomic E-state index is 12.8. The summed E-state index contributed by atoms with van der Waals surface area (Å²) in [7, 11) is 0. The zero-order chi connectivity index (χ0) is 21.3. The lowest BCUT2D eigenvalue weighted by Crippen LogP contribution is -2.51. The summed E-state index contributed by atoms with van der Waals surface area (Å²) in [5.41, 5.74) is 7.71. The summed E-state index contributed by atoms with van der Waals surface area (Å²) in [6, 6.07) is 2.05. The van der Waals surface area contributed by atoms with E-state index in [2.05, 4.69) is 30.6 Å². The van der Waals surface area contributed by atoms with Crippen LogP contribution in [-0.2, 0) is 4.79 Å². The van der Waals surface area contributed by atoms with Gasteiger partial charge in [-0.2, -0.15) is 0 Å². The third kappa shape index (κ3) is 4.18. The molecule has 0 bridgehead atoms. The minimum absolute atomic E-state index is 0.0700. The molecule has 0 saturated heterocycles. The van der Waals surface area contributed by atoms with Crippen molar-refractivity contribution in [3.8, 4) is 11.3 Å². The number of anilines is 2. The Kier molecular flexibility index (Phi) is 5.51. The van der Waals surface area contributed by atoms with Crippen LogP contribution in [0.4, 0.5) is 11.6 Å². The number of carbonyl (C=O) groups is 1. The first kappa shape index (κ1) is 20.4. The predicted octanol–water partition coefficient (Wildman–Crippen LogP) is 3.89. The number of nitrogens with zero attached hydrogens (tertiary/aromatic N) is 3. The minimum atomic E-state index is -0.879. The van der Waals surface area contributed by atoms with Gasteiger partial charge in [-0.05, 0) is 32.8 Å². The van der Waals surface area contributed by atoms with Crippen molar-refractivity contribution in [2.45, 2.75) is 57.5 Å². The average Bonchev–Trinajstić information content (AvgIpc) is 3.13. The van der Waals surface area contributed by atoms with Crippen LogP contribution in [0.1, 0.15) is 46.0 Å². The van der Waals surface area contributed by atoms with Gasteiger partial charge >= 0.3 is 0 Å². The molecule has 4 rings (SSSR count). The number of carbonyl (C=O) groups excluding carboxylic acids is 1. The molecule has 8 nitrogen and oxygen atoms in total. The monoisotopic (exact) mass is 427 g/mol. The molecular formula is C21H26ClN7O. The summed E-state index contributed by atoms with van der Waals surface area (Å²) in [5, 5.41) is 7.64. The van der Waals surface area contributed by atoms with E-state index in [0.717, 1.165) is 36.6 Å². The van der Waals surface area contributed by atoms with Gasteiger partial charge in [-0.1, -0.05) is 30.9 Å².